The van der Waals surface area contributed by atoms with Crippen LogP contribution in [-0.4, -0.2) is 47.9 Å². The summed E-state index contributed by atoms with van der Waals surface area (Å²) in [4.78, 5) is 17.3. The van der Waals surface area contributed by atoms with Gasteiger partial charge >= 0.3 is 0 Å². The van der Waals surface area contributed by atoms with Crippen LogP contribution in [0.25, 0.3) is 0 Å². The van der Waals surface area contributed by atoms with Crippen LogP contribution in [0.4, 0.5) is 0 Å². The van der Waals surface area contributed by atoms with Gasteiger partial charge in [-0.05, 0) is 68.4 Å². The Morgan fingerprint density at radius 3 is 1.83 bits per heavy atom. The second-order valence-electron chi connectivity index (χ2n) is 10.4. The van der Waals surface area contributed by atoms with Gasteiger partial charge in [0.25, 0.3) is 0 Å². The van der Waals surface area contributed by atoms with Crippen molar-refractivity contribution in [1.82, 2.24) is 9.80 Å². The third-order valence-corrected chi connectivity index (χ3v) is 6.59. The minimum Gasteiger partial charge on any atom is -0.339 e. The minimum absolute atomic E-state index is 0.351. The molecule has 0 spiro atoms. The summed E-state index contributed by atoms with van der Waals surface area (Å²) >= 11 is 0. The van der Waals surface area contributed by atoms with E-state index in [0.717, 1.165) is 44.3 Å². The normalized spacial score (nSPS) is 28.2. The molecule has 0 bridgehead atoms. The first kappa shape index (κ1) is 19.8. The van der Waals surface area contributed by atoms with Gasteiger partial charge in [-0.15, -0.1) is 0 Å². The zero-order chi connectivity index (χ0) is 18.1. The Morgan fingerprint density at radius 2 is 1.38 bits per heavy atom. The number of carbonyl (C=O) groups excluding carboxylic acids is 1. The number of carbonyl (C=O) groups is 1. The van der Waals surface area contributed by atoms with Crippen molar-refractivity contribution < 1.29 is 4.79 Å². The van der Waals surface area contributed by atoms with Crippen LogP contribution in [0.15, 0.2) is 0 Å². The zero-order valence-corrected chi connectivity index (χ0v) is 17.2. The molecule has 3 nitrogen and oxygen atoms in total. The maximum absolute atomic E-state index is 12.8. The summed E-state index contributed by atoms with van der Waals surface area (Å²) in [5.74, 6) is 1.88. The van der Waals surface area contributed by atoms with Crippen LogP contribution in [0.1, 0.15) is 74.1 Å². The average Bonchev–Trinajstić information content (AvgIpc) is 2.45. The van der Waals surface area contributed by atoms with Gasteiger partial charge in [0.2, 0.25) is 5.91 Å². The van der Waals surface area contributed by atoms with E-state index in [4.69, 9.17) is 0 Å². The van der Waals surface area contributed by atoms with Gasteiger partial charge in [0.05, 0.1) is 6.54 Å². The molecule has 2 atom stereocenters. The molecule has 0 aromatic carbocycles. The number of likely N-dealkylation sites (tertiary alicyclic amines) is 2. The fourth-order valence-corrected chi connectivity index (χ4v) is 4.57. The molecule has 2 fully saturated rings. The van der Waals surface area contributed by atoms with E-state index in [9.17, 15) is 4.79 Å². The molecular formula is C21H40N2O. The Hall–Kier alpha value is -0.570. The highest BCUT2D eigenvalue weighted by atomic mass is 16.2. The number of rotatable bonds is 2. The van der Waals surface area contributed by atoms with Crippen molar-refractivity contribution in [2.75, 3.05) is 26.2 Å². The second kappa shape index (κ2) is 7.35. The minimum atomic E-state index is 0.351. The first-order valence-corrected chi connectivity index (χ1v) is 10.0. The van der Waals surface area contributed by atoms with Crippen LogP contribution in [0.3, 0.4) is 0 Å². The number of hydrogen-bond donors (Lipinski definition) is 0. The Kier molecular flexibility index (Phi) is 6.05. The third-order valence-electron chi connectivity index (χ3n) is 6.59. The van der Waals surface area contributed by atoms with Crippen molar-refractivity contribution in [3.05, 3.63) is 0 Å². The summed E-state index contributed by atoms with van der Waals surface area (Å²) in [7, 11) is 0. The predicted molar refractivity (Wildman–Crippen MR) is 102 cm³/mol. The summed E-state index contributed by atoms with van der Waals surface area (Å²) < 4.78 is 0. The van der Waals surface area contributed by atoms with E-state index in [-0.39, 0.29) is 0 Å². The maximum atomic E-state index is 12.8. The van der Waals surface area contributed by atoms with Gasteiger partial charge in [0.15, 0.2) is 0 Å². The monoisotopic (exact) mass is 336 g/mol. The smallest absolute Gasteiger partial charge is 0.236 e. The SMILES string of the molecule is CC1CC(C(C)(C)C)CCN1C(=O)CN1CCC(C(C)(C)C)CC1. The van der Waals surface area contributed by atoms with E-state index in [2.05, 4.69) is 58.3 Å². The lowest BCUT2D eigenvalue weighted by molar-refractivity contribution is -0.137. The van der Waals surface area contributed by atoms with Crippen molar-refractivity contribution in [2.24, 2.45) is 22.7 Å². The van der Waals surface area contributed by atoms with Crippen LogP contribution < -0.4 is 0 Å². The molecular weight excluding hydrogens is 296 g/mol. The van der Waals surface area contributed by atoms with E-state index in [1.165, 1.54) is 12.8 Å². The molecule has 0 saturated carbocycles. The first-order chi connectivity index (χ1) is 11.0. The second-order valence-corrected chi connectivity index (χ2v) is 10.4. The molecule has 2 heterocycles. The van der Waals surface area contributed by atoms with Crippen molar-refractivity contribution in [3.8, 4) is 0 Å². The van der Waals surface area contributed by atoms with Gasteiger partial charge < -0.3 is 4.90 Å². The molecule has 2 aliphatic rings. The molecule has 0 N–H and O–H groups in total. The Labute approximate surface area is 150 Å². The number of hydrogen-bond acceptors (Lipinski definition) is 2. The topological polar surface area (TPSA) is 23.6 Å². The molecule has 2 aliphatic heterocycles. The predicted octanol–water partition coefficient (Wildman–Crippen LogP) is 4.42. The first-order valence-electron chi connectivity index (χ1n) is 10.0. The fourth-order valence-electron chi connectivity index (χ4n) is 4.57. The molecule has 1 amide bonds. The summed E-state index contributed by atoms with van der Waals surface area (Å²) in [6.45, 7) is 20.0. The van der Waals surface area contributed by atoms with Gasteiger partial charge in [0, 0.05) is 12.6 Å². The Morgan fingerprint density at radius 1 is 0.875 bits per heavy atom. The molecule has 2 unspecified atom stereocenters. The highest BCUT2D eigenvalue weighted by Gasteiger charge is 2.35. The van der Waals surface area contributed by atoms with Gasteiger partial charge in [-0.25, -0.2) is 0 Å². The van der Waals surface area contributed by atoms with E-state index in [1.807, 2.05) is 0 Å². The molecule has 24 heavy (non-hydrogen) atoms. The molecule has 0 aliphatic carbocycles. The maximum Gasteiger partial charge on any atom is 0.236 e. The summed E-state index contributed by atoms with van der Waals surface area (Å²) in [6.07, 6.45) is 4.78. The largest absolute Gasteiger partial charge is 0.339 e. The molecule has 0 aromatic rings. The van der Waals surface area contributed by atoms with Crippen LogP contribution in [0.2, 0.25) is 0 Å². The van der Waals surface area contributed by atoms with Crippen LogP contribution in [-0.2, 0) is 4.79 Å². The highest BCUT2D eigenvalue weighted by Crippen LogP contribution is 2.37. The van der Waals surface area contributed by atoms with Crippen molar-refractivity contribution in [2.45, 2.75) is 80.2 Å². The molecule has 2 saturated heterocycles. The quantitative estimate of drug-likeness (QED) is 0.745. The van der Waals surface area contributed by atoms with Crippen LogP contribution in [0.5, 0.6) is 0 Å². The molecule has 140 valence electrons. The van der Waals surface area contributed by atoms with Gasteiger partial charge in [0.1, 0.15) is 0 Å². The Bertz CT molecular complexity index is 424. The lowest BCUT2D eigenvalue weighted by atomic mass is 9.73. The van der Waals surface area contributed by atoms with Crippen LogP contribution >= 0.6 is 0 Å². The average molecular weight is 337 g/mol. The lowest BCUT2D eigenvalue weighted by Crippen LogP contribution is -2.51. The lowest BCUT2D eigenvalue weighted by Gasteiger charge is -2.44. The summed E-state index contributed by atoms with van der Waals surface area (Å²) in [6, 6.07) is 0.391. The van der Waals surface area contributed by atoms with Crippen molar-refractivity contribution >= 4 is 5.91 Å². The van der Waals surface area contributed by atoms with Crippen LogP contribution in [0, 0.1) is 22.7 Å². The van der Waals surface area contributed by atoms with E-state index in [1.54, 1.807) is 0 Å². The van der Waals surface area contributed by atoms with E-state index < -0.39 is 0 Å². The van der Waals surface area contributed by atoms with Crippen molar-refractivity contribution in [3.63, 3.8) is 0 Å². The molecule has 2 rings (SSSR count). The van der Waals surface area contributed by atoms with Crippen molar-refractivity contribution in [1.29, 1.82) is 0 Å². The highest BCUT2D eigenvalue weighted by molar-refractivity contribution is 5.78. The standard InChI is InChI=1S/C21H40N2O/c1-16-14-18(21(5,6)7)10-13-23(16)19(24)15-22-11-8-17(9-12-22)20(2,3)4/h16-18H,8-15H2,1-7H3. The van der Waals surface area contributed by atoms with E-state index >= 15 is 0 Å². The summed E-state index contributed by atoms with van der Waals surface area (Å²) in [5, 5.41) is 0. The van der Waals surface area contributed by atoms with Gasteiger partial charge in [-0.3, -0.25) is 9.69 Å². The number of amides is 1. The van der Waals surface area contributed by atoms with Gasteiger partial charge in [-0.2, -0.15) is 0 Å². The fraction of sp³-hybridized carbons (Fsp3) is 0.952. The van der Waals surface area contributed by atoms with Gasteiger partial charge in [-0.1, -0.05) is 41.5 Å². The molecule has 0 radical (unpaired) electrons. The zero-order valence-electron chi connectivity index (χ0n) is 17.2. The number of nitrogens with zero attached hydrogens (tertiary/aromatic N) is 2. The third kappa shape index (κ3) is 4.97. The number of piperidine rings is 2. The van der Waals surface area contributed by atoms with E-state index in [0.29, 0.717) is 29.3 Å². The molecule has 3 heteroatoms. The molecule has 0 aromatic heterocycles. The summed E-state index contributed by atoms with van der Waals surface area (Å²) in [5.41, 5.74) is 0.762. The Balaban J connectivity index is 1.82.